The molecule has 0 spiro atoms. The smallest absolute Gasteiger partial charge is 0.252 e. The molecule has 1 saturated carbocycles. The van der Waals surface area contributed by atoms with Gasteiger partial charge in [0.15, 0.2) is 5.82 Å². The van der Waals surface area contributed by atoms with Crippen molar-refractivity contribution in [3.63, 3.8) is 0 Å². The van der Waals surface area contributed by atoms with Crippen molar-refractivity contribution in [2.45, 2.75) is 37.7 Å². The first kappa shape index (κ1) is 14.7. The van der Waals surface area contributed by atoms with Crippen LogP contribution in [0.3, 0.4) is 0 Å². The summed E-state index contributed by atoms with van der Waals surface area (Å²) >= 11 is 0. The van der Waals surface area contributed by atoms with Crippen LogP contribution < -0.4 is 5.73 Å². The third kappa shape index (κ3) is 2.99. The Bertz CT molecular complexity index is 665. The molecule has 3 N–H and O–H groups in total. The van der Waals surface area contributed by atoms with Crippen molar-refractivity contribution in [3.05, 3.63) is 47.8 Å². The minimum atomic E-state index is -0.499. The highest BCUT2D eigenvalue weighted by Gasteiger charge is 2.26. The second-order valence-corrected chi connectivity index (χ2v) is 5.73. The average molecular weight is 297 g/mol. The fourth-order valence-corrected chi connectivity index (χ4v) is 2.97. The molecule has 1 aromatic carbocycles. The van der Waals surface area contributed by atoms with Gasteiger partial charge in [0.1, 0.15) is 0 Å². The number of aliphatic hydroxyl groups excluding tert-OH is 1. The maximum absolute atomic E-state index is 11.7. The van der Waals surface area contributed by atoms with Crippen LogP contribution in [0, 0.1) is 0 Å². The Morgan fingerprint density at radius 1 is 1.14 bits per heavy atom. The van der Waals surface area contributed by atoms with Crippen molar-refractivity contribution in [1.29, 1.82) is 0 Å². The zero-order valence-electron chi connectivity index (χ0n) is 12.3. The van der Waals surface area contributed by atoms with Gasteiger partial charge in [0.25, 0.3) is 5.91 Å². The molecular formula is C17H19N3O2. The number of amides is 1. The van der Waals surface area contributed by atoms with Crippen LogP contribution in [0.15, 0.2) is 36.5 Å². The fraction of sp³-hybridized carbons (Fsp3) is 0.353. The van der Waals surface area contributed by atoms with Crippen LogP contribution in [-0.4, -0.2) is 27.1 Å². The highest BCUT2D eigenvalue weighted by molar-refractivity contribution is 5.94. The number of rotatable bonds is 3. The second kappa shape index (κ2) is 6.23. The molecule has 0 radical (unpaired) electrons. The summed E-state index contributed by atoms with van der Waals surface area (Å²) in [5, 5.41) is 9.66. The maximum atomic E-state index is 11.7. The number of carbonyl (C=O) groups excluding carboxylic acids is 1. The van der Waals surface area contributed by atoms with Gasteiger partial charge in [-0.1, -0.05) is 30.3 Å². The summed E-state index contributed by atoms with van der Waals surface area (Å²) < 4.78 is 0. The standard InChI is InChI=1S/C17H19N3O2/c18-16(22)14-10-19-17(12-4-2-1-3-5-12)20-15(14)11-6-8-13(21)9-7-11/h1-5,10-11,13,21H,6-9H2,(H2,18,22). The molecule has 22 heavy (non-hydrogen) atoms. The fourth-order valence-electron chi connectivity index (χ4n) is 2.97. The number of aromatic nitrogens is 2. The van der Waals surface area contributed by atoms with E-state index in [0.717, 1.165) is 31.2 Å². The van der Waals surface area contributed by atoms with Crippen molar-refractivity contribution in [2.24, 2.45) is 5.73 Å². The van der Waals surface area contributed by atoms with Crippen molar-refractivity contribution in [1.82, 2.24) is 9.97 Å². The van der Waals surface area contributed by atoms with Crippen molar-refractivity contribution in [2.75, 3.05) is 0 Å². The molecular weight excluding hydrogens is 278 g/mol. The molecule has 0 aliphatic heterocycles. The van der Waals surface area contributed by atoms with E-state index in [1.165, 1.54) is 6.20 Å². The molecule has 3 rings (SSSR count). The van der Waals surface area contributed by atoms with E-state index in [1.54, 1.807) is 0 Å². The third-order valence-electron chi connectivity index (χ3n) is 4.20. The second-order valence-electron chi connectivity index (χ2n) is 5.73. The lowest BCUT2D eigenvalue weighted by Gasteiger charge is -2.26. The number of carbonyl (C=O) groups is 1. The highest BCUT2D eigenvalue weighted by atomic mass is 16.3. The lowest BCUT2D eigenvalue weighted by molar-refractivity contribution is 0.0995. The van der Waals surface area contributed by atoms with Crippen LogP contribution in [0.4, 0.5) is 0 Å². The molecule has 1 aromatic heterocycles. The van der Waals surface area contributed by atoms with E-state index in [1.807, 2.05) is 30.3 Å². The molecule has 5 nitrogen and oxygen atoms in total. The molecule has 2 aromatic rings. The van der Waals surface area contributed by atoms with Crippen LogP contribution in [0.5, 0.6) is 0 Å². The first-order valence-electron chi connectivity index (χ1n) is 7.55. The zero-order chi connectivity index (χ0) is 15.5. The van der Waals surface area contributed by atoms with Crippen molar-refractivity contribution >= 4 is 5.91 Å². The molecule has 1 amide bonds. The Kier molecular flexibility index (Phi) is 4.15. The summed E-state index contributed by atoms with van der Waals surface area (Å²) in [6.45, 7) is 0. The normalized spacial score (nSPS) is 21.5. The lowest BCUT2D eigenvalue weighted by Crippen LogP contribution is -2.22. The van der Waals surface area contributed by atoms with Crippen LogP contribution in [0.1, 0.15) is 47.7 Å². The van der Waals surface area contributed by atoms with Gasteiger partial charge in [0.05, 0.1) is 17.4 Å². The molecule has 1 fully saturated rings. The molecule has 0 unspecified atom stereocenters. The molecule has 1 aliphatic carbocycles. The van der Waals surface area contributed by atoms with Gasteiger partial charge in [-0.25, -0.2) is 9.97 Å². The third-order valence-corrected chi connectivity index (χ3v) is 4.20. The zero-order valence-corrected chi connectivity index (χ0v) is 12.3. The number of nitrogens with two attached hydrogens (primary N) is 1. The number of aliphatic hydroxyl groups is 1. The summed E-state index contributed by atoms with van der Waals surface area (Å²) in [4.78, 5) is 20.6. The van der Waals surface area contributed by atoms with Crippen molar-refractivity contribution < 1.29 is 9.90 Å². The number of hydrogen-bond acceptors (Lipinski definition) is 4. The van der Waals surface area contributed by atoms with Crippen LogP contribution in [0.2, 0.25) is 0 Å². The number of primary amides is 1. The average Bonchev–Trinajstić information content (AvgIpc) is 2.56. The molecule has 0 atom stereocenters. The van der Waals surface area contributed by atoms with E-state index in [-0.39, 0.29) is 12.0 Å². The largest absolute Gasteiger partial charge is 0.393 e. The molecule has 1 aliphatic rings. The van der Waals surface area contributed by atoms with Gasteiger partial charge in [0.2, 0.25) is 0 Å². The molecule has 5 heteroatoms. The van der Waals surface area contributed by atoms with E-state index >= 15 is 0 Å². The first-order chi connectivity index (χ1) is 10.6. The van der Waals surface area contributed by atoms with E-state index in [2.05, 4.69) is 9.97 Å². The van der Waals surface area contributed by atoms with Gasteiger partial charge < -0.3 is 10.8 Å². The SMILES string of the molecule is NC(=O)c1cnc(-c2ccccc2)nc1C1CCC(O)CC1. The summed E-state index contributed by atoms with van der Waals surface area (Å²) in [6.07, 6.45) is 4.36. The van der Waals surface area contributed by atoms with Crippen LogP contribution in [0.25, 0.3) is 11.4 Å². The number of hydrogen-bond donors (Lipinski definition) is 2. The Balaban J connectivity index is 2.00. The van der Waals surface area contributed by atoms with Gasteiger partial charge >= 0.3 is 0 Å². The molecule has 114 valence electrons. The molecule has 1 heterocycles. The summed E-state index contributed by atoms with van der Waals surface area (Å²) in [6, 6.07) is 9.67. The first-order valence-corrected chi connectivity index (χ1v) is 7.55. The maximum Gasteiger partial charge on any atom is 0.252 e. The van der Waals surface area contributed by atoms with Gasteiger partial charge in [-0.2, -0.15) is 0 Å². The van der Waals surface area contributed by atoms with E-state index in [0.29, 0.717) is 17.1 Å². The summed E-state index contributed by atoms with van der Waals surface area (Å²) in [5.74, 6) is 0.254. The Morgan fingerprint density at radius 2 is 1.82 bits per heavy atom. The van der Waals surface area contributed by atoms with Gasteiger partial charge in [-0.3, -0.25) is 4.79 Å². The quantitative estimate of drug-likeness (QED) is 0.909. The molecule has 0 bridgehead atoms. The topological polar surface area (TPSA) is 89.1 Å². The van der Waals surface area contributed by atoms with Gasteiger partial charge in [-0.05, 0) is 25.7 Å². The molecule has 0 saturated heterocycles. The predicted octanol–water partition coefficient (Wildman–Crippen LogP) is 2.26. The Labute approximate surface area is 129 Å². The minimum Gasteiger partial charge on any atom is -0.393 e. The predicted molar refractivity (Wildman–Crippen MR) is 83.2 cm³/mol. The lowest BCUT2D eigenvalue weighted by atomic mass is 9.83. The summed E-state index contributed by atoms with van der Waals surface area (Å²) in [5.41, 5.74) is 7.49. The Hall–Kier alpha value is -2.27. The van der Waals surface area contributed by atoms with Crippen molar-refractivity contribution in [3.8, 4) is 11.4 Å². The minimum absolute atomic E-state index is 0.149. The highest BCUT2D eigenvalue weighted by Crippen LogP contribution is 2.34. The van der Waals surface area contributed by atoms with Crippen LogP contribution >= 0.6 is 0 Å². The number of nitrogens with zero attached hydrogens (tertiary/aromatic N) is 2. The summed E-state index contributed by atoms with van der Waals surface area (Å²) in [7, 11) is 0. The van der Waals surface area contributed by atoms with E-state index in [4.69, 9.17) is 5.73 Å². The Morgan fingerprint density at radius 3 is 2.45 bits per heavy atom. The van der Waals surface area contributed by atoms with Gasteiger partial charge in [-0.15, -0.1) is 0 Å². The van der Waals surface area contributed by atoms with Crippen LogP contribution in [-0.2, 0) is 0 Å². The number of benzene rings is 1. The monoisotopic (exact) mass is 297 g/mol. The van der Waals surface area contributed by atoms with Gasteiger partial charge in [0, 0.05) is 17.7 Å². The van der Waals surface area contributed by atoms with E-state index in [9.17, 15) is 9.90 Å². The van der Waals surface area contributed by atoms with E-state index < -0.39 is 5.91 Å².